The maximum absolute atomic E-state index is 10.0. The molecule has 0 heterocycles. The minimum Gasteiger partial charge on any atom is -0.508 e. The van der Waals surface area contributed by atoms with Gasteiger partial charge in [-0.1, -0.05) is 73.4 Å². The molecule has 0 saturated heterocycles. The molecule has 0 unspecified atom stereocenters. The number of fused-ring (bicyclic) bond motifs is 1. The van der Waals surface area contributed by atoms with E-state index in [0.717, 1.165) is 40.9 Å². The van der Waals surface area contributed by atoms with E-state index in [-0.39, 0.29) is 0 Å². The van der Waals surface area contributed by atoms with Crippen molar-refractivity contribution in [3.63, 3.8) is 0 Å². The van der Waals surface area contributed by atoms with Crippen LogP contribution in [0.25, 0.3) is 12.2 Å². The molecule has 1 aliphatic rings. The quantitative estimate of drug-likeness (QED) is 0.728. The minimum absolute atomic E-state index is 0.378. The van der Waals surface area contributed by atoms with Crippen LogP contribution in [0.3, 0.4) is 0 Å². The van der Waals surface area contributed by atoms with Crippen molar-refractivity contribution >= 4 is 12.2 Å². The fourth-order valence-electron chi connectivity index (χ4n) is 2.87. The van der Waals surface area contributed by atoms with Crippen LogP contribution in [0.2, 0.25) is 0 Å². The van der Waals surface area contributed by atoms with E-state index >= 15 is 0 Å². The van der Waals surface area contributed by atoms with Crippen molar-refractivity contribution in [2.75, 3.05) is 6.61 Å². The van der Waals surface area contributed by atoms with Gasteiger partial charge in [-0.05, 0) is 36.1 Å². The van der Waals surface area contributed by atoms with Crippen LogP contribution in [-0.4, -0.2) is 11.7 Å². The highest BCUT2D eigenvalue weighted by atomic mass is 16.5. The molecule has 25 heavy (non-hydrogen) atoms. The number of hydrogen-bond acceptors (Lipinski definition) is 2. The fourth-order valence-corrected chi connectivity index (χ4v) is 2.87. The lowest BCUT2D eigenvalue weighted by atomic mass is 9.97. The molecule has 0 fully saturated rings. The molecule has 1 aliphatic carbocycles. The lowest BCUT2D eigenvalue weighted by Crippen LogP contribution is -1.94. The van der Waals surface area contributed by atoms with E-state index in [9.17, 15) is 5.11 Å². The fraction of sp³-hybridized carbons (Fsp3) is 0.130. The molecule has 2 aromatic rings. The third-order valence-corrected chi connectivity index (χ3v) is 4.15. The van der Waals surface area contributed by atoms with Crippen molar-refractivity contribution in [2.45, 2.75) is 12.8 Å². The lowest BCUT2D eigenvalue weighted by molar-refractivity contribution is 0.362. The molecule has 0 spiro atoms. The molecular weight excluding hydrogens is 308 g/mol. The van der Waals surface area contributed by atoms with E-state index in [1.807, 2.05) is 36.4 Å². The summed E-state index contributed by atoms with van der Waals surface area (Å²) in [5, 5.41) is 10.0. The van der Waals surface area contributed by atoms with Crippen molar-refractivity contribution in [2.24, 2.45) is 0 Å². The second-order valence-corrected chi connectivity index (χ2v) is 5.89. The number of hydrogen-bond donors (Lipinski definition) is 1. The number of aromatic hydroxyl groups is 1. The molecule has 0 aromatic heterocycles. The van der Waals surface area contributed by atoms with E-state index in [4.69, 9.17) is 4.74 Å². The van der Waals surface area contributed by atoms with Gasteiger partial charge in [-0.2, -0.15) is 0 Å². The standard InChI is InChI=1S/C23H22O2/c1-2-17-25-23-12-4-3-8-20(23)16-14-18-7-5-10-21-19(15-13-18)9-6-11-22(21)24/h2-4,6-9,11-16,24H,1,5,10,17H2/b15-13-,16-14+,18-7-. The first kappa shape index (κ1) is 16.8. The number of ether oxygens (including phenoxy) is 1. The second-order valence-electron chi connectivity index (χ2n) is 5.89. The smallest absolute Gasteiger partial charge is 0.126 e. The van der Waals surface area contributed by atoms with Crippen LogP contribution in [0.15, 0.2) is 78.9 Å². The largest absolute Gasteiger partial charge is 0.508 e. The van der Waals surface area contributed by atoms with E-state index in [0.29, 0.717) is 12.4 Å². The molecule has 0 radical (unpaired) electrons. The summed E-state index contributed by atoms with van der Waals surface area (Å²) in [7, 11) is 0. The zero-order valence-corrected chi connectivity index (χ0v) is 14.2. The predicted octanol–water partition coefficient (Wildman–Crippen LogP) is 5.56. The van der Waals surface area contributed by atoms with Gasteiger partial charge in [0.1, 0.15) is 18.1 Å². The Morgan fingerprint density at radius 2 is 1.92 bits per heavy atom. The van der Waals surface area contributed by atoms with Gasteiger partial charge in [-0.25, -0.2) is 0 Å². The van der Waals surface area contributed by atoms with E-state index < -0.39 is 0 Å². The molecule has 126 valence electrons. The molecule has 0 bridgehead atoms. The summed E-state index contributed by atoms with van der Waals surface area (Å²) in [5.41, 5.74) is 4.28. The van der Waals surface area contributed by atoms with Gasteiger partial charge in [0.15, 0.2) is 0 Å². The van der Waals surface area contributed by atoms with E-state index in [2.05, 4.69) is 37.0 Å². The Bertz CT molecular complexity index is 841. The monoisotopic (exact) mass is 330 g/mol. The van der Waals surface area contributed by atoms with E-state index in [1.165, 1.54) is 0 Å². The van der Waals surface area contributed by atoms with Crippen LogP contribution in [0.1, 0.15) is 23.1 Å². The number of phenols is 1. The number of para-hydroxylation sites is 1. The summed E-state index contributed by atoms with van der Waals surface area (Å²) in [6.45, 7) is 4.18. The van der Waals surface area contributed by atoms with Gasteiger partial charge in [0.05, 0.1) is 0 Å². The third kappa shape index (κ3) is 4.30. The molecule has 2 nitrogen and oxygen atoms in total. The van der Waals surface area contributed by atoms with Gasteiger partial charge in [0.2, 0.25) is 0 Å². The third-order valence-electron chi connectivity index (χ3n) is 4.15. The maximum Gasteiger partial charge on any atom is 0.126 e. The summed E-state index contributed by atoms with van der Waals surface area (Å²) >= 11 is 0. The Balaban J connectivity index is 1.81. The molecule has 0 amide bonds. The predicted molar refractivity (Wildman–Crippen MR) is 105 cm³/mol. The average molecular weight is 330 g/mol. The summed E-state index contributed by atoms with van der Waals surface area (Å²) in [6.07, 6.45) is 14.0. The van der Waals surface area contributed by atoms with E-state index in [1.54, 1.807) is 12.1 Å². The molecule has 3 rings (SSSR count). The number of allylic oxidation sites excluding steroid dienone is 4. The second kappa shape index (κ2) is 8.20. The minimum atomic E-state index is 0.378. The molecule has 0 aliphatic heterocycles. The van der Waals surface area contributed by atoms with Crippen molar-refractivity contribution in [1.29, 1.82) is 0 Å². The highest BCUT2D eigenvalue weighted by Gasteiger charge is 2.07. The molecule has 1 N–H and O–H groups in total. The van der Waals surface area contributed by atoms with Crippen LogP contribution in [-0.2, 0) is 6.42 Å². The van der Waals surface area contributed by atoms with Gasteiger partial charge in [0, 0.05) is 11.1 Å². The summed E-state index contributed by atoms with van der Waals surface area (Å²) < 4.78 is 5.70. The molecule has 2 heteroatoms. The Hall–Kier alpha value is -3.00. The first-order chi connectivity index (χ1) is 12.3. The summed E-state index contributed by atoms with van der Waals surface area (Å²) in [6, 6.07) is 13.6. The highest BCUT2D eigenvalue weighted by molar-refractivity contribution is 5.65. The van der Waals surface area contributed by atoms with Crippen LogP contribution in [0.5, 0.6) is 11.5 Å². The van der Waals surface area contributed by atoms with Gasteiger partial charge >= 0.3 is 0 Å². The Morgan fingerprint density at radius 3 is 2.80 bits per heavy atom. The van der Waals surface area contributed by atoms with Gasteiger partial charge in [0.25, 0.3) is 0 Å². The van der Waals surface area contributed by atoms with Crippen molar-refractivity contribution in [3.05, 3.63) is 95.6 Å². The number of rotatable bonds is 5. The van der Waals surface area contributed by atoms with Crippen LogP contribution in [0, 0.1) is 0 Å². The van der Waals surface area contributed by atoms with Crippen LogP contribution >= 0.6 is 0 Å². The Labute approximate surface area is 149 Å². The summed E-state index contributed by atoms with van der Waals surface area (Å²) in [5.74, 6) is 1.23. The summed E-state index contributed by atoms with van der Waals surface area (Å²) in [4.78, 5) is 0. The maximum atomic E-state index is 10.0. The average Bonchev–Trinajstić information content (AvgIpc) is 2.61. The molecular formula is C23H22O2. The Kier molecular flexibility index (Phi) is 5.53. The zero-order valence-electron chi connectivity index (χ0n) is 14.2. The highest BCUT2D eigenvalue weighted by Crippen LogP contribution is 2.27. The number of benzene rings is 2. The van der Waals surface area contributed by atoms with Crippen molar-refractivity contribution < 1.29 is 9.84 Å². The van der Waals surface area contributed by atoms with Gasteiger partial charge in [-0.15, -0.1) is 0 Å². The molecule has 2 aromatic carbocycles. The Morgan fingerprint density at radius 1 is 1.04 bits per heavy atom. The SMILES string of the molecule is C=CCOc1ccccc1/C=C/C1=C\CCc2c(O)cccc2/C=C\1. The molecule has 0 atom stereocenters. The van der Waals surface area contributed by atoms with Crippen LogP contribution < -0.4 is 4.74 Å². The topological polar surface area (TPSA) is 29.5 Å². The number of phenolic OH excluding ortho intramolecular Hbond substituents is 1. The van der Waals surface area contributed by atoms with Crippen LogP contribution in [0.4, 0.5) is 0 Å². The first-order valence-corrected chi connectivity index (χ1v) is 8.48. The van der Waals surface area contributed by atoms with Crippen molar-refractivity contribution in [1.82, 2.24) is 0 Å². The lowest BCUT2D eigenvalue weighted by Gasteiger charge is -2.10. The molecule has 0 saturated carbocycles. The van der Waals surface area contributed by atoms with Gasteiger partial charge in [-0.3, -0.25) is 0 Å². The normalized spacial score (nSPS) is 17.0. The first-order valence-electron chi connectivity index (χ1n) is 8.48. The van der Waals surface area contributed by atoms with Gasteiger partial charge < -0.3 is 9.84 Å². The zero-order chi connectivity index (χ0) is 17.5. The van der Waals surface area contributed by atoms with Crippen molar-refractivity contribution in [3.8, 4) is 11.5 Å².